The second kappa shape index (κ2) is 10.3. The van der Waals surface area contributed by atoms with Crippen molar-refractivity contribution in [3.63, 3.8) is 0 Å². The van der Waals surface area contributed by atoms with Crippen molar-refractivity contribution in [3.05, 3.63) is 38.7 Å². The Kier molecular flexibility index (Phi) is 8.70. The Labute approximate surface area is 178 Å². The molecule has 1 fully saturated rings. The summed E-state index contributed by atoms with van der Waals surface area (Å²) in [6, 6.07) is 0. The second-order valence-corrected chi connectivity index (χ2v) is 10.6. The van der Waals surface area contributed by atoms with Gasteiger partial charge in [0.1, 0.15) is 12.3 Å². The molecule has 1 aromatic heterocycles. The standard InChI is InChI=1S/C12H20N3O14P3/c13-3-1-2-7-5-15(12(18)14-11(7)17)10-4-8(16)9(27-10)6-26-31(22,23)29-32(24,25)28-30(19,20)21/h1-2,5,8-10,16H,3-4,6,13H2,(H,22,23)(H,24,25)(H,14,17,18)(H2,19,20,21)/b2-1+. The van der Waals surface area contributed by atoms with Crippen LogP contribution in [0.25, 0.3) is 6.08 Å². The third-order valence-electron chi connectivity index (χ3n) is 3.76. The number of phosphoric acid groups is 3. The summed E-state index contributed by atoms with van der Waals surface area (Å²) in [4.78, 5) is 61.5. The number of phosphoric ester groups is 1. The number of rotatable bonds is 10. The van der Waals surface area contributed by atoms with Crippen LogP contribution in [-0.2, 0) is 31.6 Å². The van der Waals surface area contributed by atoms with Gasteiger partial charge in [0.2, 0.25) is 0 Å². The van der Waals surface area contributed by atoms with Crippen LogP contribution < -0.4 is 17.0 Å². The Morgan fingerprint density at radius 3 is 2.44 bits per heavy atom. The zero-order valence-corrected chi connectivity index (χ0v) is 18.5. The molecule has 20 heteroatoms. The van der Waals surface area contributed by atoms with Crippen molar-refractivity contribution in [2.75, 3.05) is 13.2 Å². The molecule has 0 amide bonds. The molecule has 8 N–H and O–H groups in total. The van der Waals surface area contributed by atoms with Crippen LogP contribution in [0.2, 0.25) is 0 Å². The minimum Gasteiger partial charge on any atom is -0.390 e. The first-order valence-corrected chi connectivity index (χ1v) is 13.0. The maximum absolute atomic E-state index is 12.1. The smallest absolute Gasteiger partial charge is 0.390 e. The highest BCUT2D eigenvalue weighted by Gasteiger charge is 2.43. The van der Waals surface area contributed by atoms with Crippen molar-refractivity contribution < 1.29 is 56.3 Å². The van der Waals surface area contributed by atoms with Crippen molar-refractivity contribution in [2.45, 2.75) is 24.9 Å². The maximum Gasteiger partial charge on any atom is 0.490 e. The van der Waals surface area contributed by atoms with E-state index in [2.05, 4.69) is 13.1 Å². The van der Waals surface area contributed by atoms with Gasteiger partial charge in [0.15, 0.2) is 0 Å². The molecule has 0 aromatic carbocycles. The lowest BCUT2D eigenvalue weighted by atomic mass is 10.2. The van der Waals surface area contributed by atoms with E-state index >= 15 is 0 Å². The molecule has 5 unspecified atom stereocenters. The fraction of sp³-hybridized carbons (Fsp3) is 0.500. The number of hydrogen-bond donors (Lipinski definition) is 7. The Morgan fingerprint density at radius 1 is 1.19 bits per heavy atom. The SMILES string of the molecule is NC/C=C/c1cn(C2CC(O)C(COP(=O)(O)OP(=O)(O)OP(=O)(O)O)O2)c(=O)[nH]c1=O. The Balaban J connectivity index is 2.08. The number of hydrogen-bond acceptors (Lipinski definition) is 11. The monoisotopic (exact) mass is 523 g/mol. The summed E-state index contributed by atoms with van der Waals surface area (Å²) >= 11 is 0. The lowest BCUT2D eigenvalue weighted by Gasteiger charge is -2.19. The van der Waals surface area contributed by atoms with Crippen molar-refractivity contribution in [1.29, 1.82) is 0 Å². The van der Waals surface area contributed by atoms with Crippen molar-refractivity contribution in [1.82, 2.24) is 9.55 Å². The van der Waals surface area contributed by atoms with E-state index in [-0.39, 0.29) is 18.5 Å². The first-order chi connectivity index (χ1) is 14.6. The molecule has 0 saturated carbocycles. The predicted molar refractivity (Wildman–Crippen MR) is 104 cm³/mol. The molecule has 182 valence electrons. The first-order valence-electron chi connectivity index (χ1n) is 8.46. The third kappa shape index (κ3) is 7.93. The van der Waals surface area contributed by atoms with Gasteiger partial charge in [0, 0.05) is 19.2 Å². The molecule has 0 bridgehead atoms. The molecule has 0 spiro atoms. The van der Waals surface area contributed by atoms with Crippen LogP contribution in [0.1, 0.15) is 18.2 Å². The summed E-state index contributed by atoms with van der Waals surface area (Å²) in [5, 5.41) is 10.1. The molecular formula is C12H20N3O14P3. The van der Waals surface area contributed by atoms with Crippen LogP contribution in [-0.4, -0.2) is 59.6 Å². The Morgan fingerprint density at radius 2 is 1.84 bits per heavy atom. The van der Waals surface area contributed by atoms with Crippen LogP contribution in [0, 0.1) is 0 Å². The third-order valence-corrected chi connectivity index (χ3v) is 7.56. The summed E-state index contributed by atoms with van der Waals surface area (Å²) in [5.41, 5.74) is 3.81. The molecule has 1 saturated heterocycles. The molecule has 1 aliphatic rings. The second-order valence-electron chi connectivity index (χ2n) is 6.21. The van der Waals surface area contributed by atoms with Gasteiger partial charge in [-0.25, -0.2) is 18.5 Å². The number of ether oxygens (including phenoxy) is 1. The van der Waals surface area contributed by atoms with E-state index in [1.807, 2.05) is 4.98 Å². The predicted octanol–water partition coefficient (Wildman–Crippen LogP) is -1.50. The highest BCUT2D eigenvalue weighted by molar-refractivity contribution is 7.66. The molecule has 2 rings (SSSR count). The average Bonchev–Trinajstić information content (AvgIpc) is 2.97. The number of H-pyrrole nitrogens is 1. The number of aromatic amines is 1. The topological polar surface area (TPSA) is 270 Å². The van der Waals surface area contributed by atoms with Crippen LogP contribution in [0.4, 0.5) is 0 Å². The number of aliphatic hydroxyl groups is 1. The normalized spacial score (nSPS) is 25.6. The lowest BCUT2D eigenvalue weighted by Crippen LogP contribution is -2.33. The fourth-order valence-electron chi connectivity index (χ4n) is 2.54. The molecule has 17 nitrogen and oxygen atoms in total. The van der Waals surface area contributed by atoms with Crippen LogP contribution >= 0.6 is 23.5 Å². The van der Waals surface area contributed by atoms with Gasteiger partial charge < -0.3 is 35.2 Å². The maximum atomic E-state index is 12.1. The minimum atomic E-state index is -5.70. The van der Waals surface area contributed by atoms with E-state index in [0.29, 0.717) is 0 Å². The van der Waals surface area contributed by atoms with Gasteiger partial charge >= 0.3 is 29.2 Å². The summed E-state index contributed by atoms with van der Waals surface area (Å²) in [6.45, 7) is -0.778. The van der Waals surface area contributed by atoms with E-state index in [9.17, 15) is 33.3 Å². The number of aliphatic hydroxyl groups excluding tert-OH is 1. The summed E-state index contributed by atoms with van der Waals surface area (Å²) < 4.78 is 51.6. The van der Waals surface area contributed by atoms with E-state index in [0.717, 1.165) is 10.8 Å². The summed E-state index contributed by atoms with van der Waals surface area (Å²) in [6.07, 6.45) is -0.0802. The lowest BCUT2D eigenvalue weighted by molar-refractivity contribution is -0.0450. The molecule has 1 aromatic rings. The van der Waals surface area contributed by atoms with Gasteiger partial charge in [0.05, 0.1) is 18.3 Å². The highest BCUT2D eigenvalue weighted by Crippen LogP contribution is 2.66. The summed E-state index contributed by atoms with van der Waals surface area (Å²) in [5.74, 6) is 0. The van der Waals surface area contributed by atoms with Crippen molar-refractivity contribution in [2.24, 2.45) is 5.73 Å². The molecular weight excluding hydrogens is 503 g/mol. The molecule has 1 aliphatic heterocycles. The van der Waals surface area contributed by atoms with E-state index < -0.39 is 59.8 Å². The van der Waals surface area contributed by atoms with Gasteiger partial charge in [-0.2, -0.15) is 8.62 Å². The van der Waals surface area contributed by atoms with Crippen LogP contribution in [0.5, 0.6) is 0 Å². The first kappa shape index (κ1) is 27.0. The van der Waals surface area contributed by atoms with Crippen molar-refractivity contribution >= 4 is 29.5 Å². The van der Waals surface area contributed by atoms with Crippen LogP contribution in [0.15, 0.2) is 21.9 Å². The van der Waals surface area contributed by atoms with Gasteiger partial charge in [-0.1, -0.05) is 12.2 Å². The Bertz CT molecular complexity index is 1110. The average molecular weight is 523 g/mol. The van der Waals surface area contributed by atoms with Crippen LogP contribution in [0.3, 0.4) is 0 Å². The quantitative estimate of drug-likeness (QED) is 0.172. The molecule has 0 radical (unpaired) electrons. The van der Waals surface area contributed by atoms with Gasteiger partial charge in [-0.3, -0.25) is 18.9 Å². The highest BCUT2D eigenvalue weighted by atomic mass is 31.3. The largest absolute Gasteiger partial charge is 0.490 e. The van der Waals surface area contributed by atoms with Gasteiger partial charge in [0.25, 0.3) is 5.56 Å². The summed E-state index contributed by atoms with van der Waals surface area (Å²) in [7, 11) is -16.7. The van der Waals surface area contributed by atoms with Gasteiger partial charge in [-0.15, -0.1) is 0 Å². The fourth-order valence-corrected chi connectivity index (χ4v) is 5.57. The van der Waals surface area contributed by atoms with Crippen molar-refractivity contribution in [3.8, 4) is 0 Å². The minimum absolute atomic E-state index is 0.0600. The van der Waals surface area contributed by atoms with E-state index in [1.54, 1.807) is 0 Å². The molecule has 5 atom stereocenters. The number of nitrogens with zero attached hydrogens (tertiary/aromatic N) is 1. The molecule has 32 heavy (non-hydrogen) atoms. The Hall–Kier alpha value is -1.29. The molecule has 2 heterocycles. The van der Waals surface area contributed by atoms with E-state index in [1.165, 1.54) is 12.2 Å². The van der Waals surface area contributed by atoms with E-state index in [4.69, 9.17) is 25.2 Å². The van der Waals surface area contributed by atoms with Gasteiger partial charge in [-0.05, 0) is 0 Å². The number of nitrogens with two attached hydrogens (primary N) is 1. The number of nitrogens with one attached hydrogen (secondary N) is 1. The number of aromatic nitrogens is 2. The zero-order valence-electron chi connectivity index (χ0n) is 15.9. The zero-order chi connectivity index (χ0) is 24.3. The molecule has 0 aliphatic carbocycles.